The van der Waals surface area contributed by atoms with Crippen molar-refractivity contribution in [3.63, 3.8) is 0 Å². The molecule has 0 aliphatic carbocycles. The number of ether oxygens (including phenoxy) is 1. The van der Waals surface area contributed by atoms with Crippen LogP contribution in [0.5, 0.6) is 5.88 Å². The number of aryl methyl sites for hydroxylation is 2. The van der Waals surface area contributed by atoms with Crippen molar-refractivity contribution in [1.82, 2.24) is 44.7 Å². The first-order chi connectivity index (χ1) is 13.7. The second kappa shape index (κ2) is 6.37. The Kier molecular flexibility index (Phi) is 3.71. The fraction of sp³-hybridized carbons (Fsp3) is 0.235. The molecule has 0 saturated carbocycles. The standard InChI is InChI=1S/C17H15N9O2/c1-3-25-13(19-9-20-25)8-27-17-14-11(5-4-6-18-14)15-21-22-16(26(15)23-17)12-7-10(2)28-24-12/h4-7,9H,3,8H2,1-2H3. The Balaban J connectivity index is 1.64. The third kappa shape index (κ3) is 2.55. The van der Waals surface area contributed by atoms with Crippen molar-refractivity contribution >= 4 is 16.6 Å². The maximum atomic E-state index is 5.96. The number of fused-ring (bicyclic) bond motifs is 3. The van der Waals surface area contributed by atoms with Crippen LogP contribution in [0.15, 0.2) is 35.2 Å². The summed E-state index contributed by atoms with van der Waals surface area (Å²) in [4.78, 5) is 8.64. The Morgan fingerprint density at radius 3 is 2.96 bits per heavy atom. The summed E-state index contributed by atoms with van der Waals surface area (Å²) in [5, 5.41) is 22.0. The summed E-state index contributed by atoms with van der Waals surface area (Å²) >= 11 is 0. The van der Waals surface area contributed by atoms with Crippen LogP contribution in [0, 0.1) is 6.92 Å². The van der Waals surface area contributed by atoms with Crippen molar-refractivity contribution in [2.75, 3.05) is 0 Å². The van der Waals surface area contributed by atoms with Gasteiger partial charge in [0.25, 0.3) is 5.88 Å². The van der Waals surface area contributed by atoms with Crippen molar-refractivity contribution in [1.29, 1.82) is 0 Å². The zero-order valence-corrected chi connectivity index (χ0v) is 15.1. The SMILES string of the molecule is CCn1ncnc1COc1nn2c(-c3cc(C)on3)nnc2c2cccnc12. The highest BCUT2D eigenvalue weighted by atomic mass is 16.5. The van der Waals surface area contributed by atoms with Crippen LogP contribution in [0.2, 0.25) is 0 Å². The van der Waals surface area contributed by atoms with E-state index in [0.717, 1.165) is 5.39 Å². The van der Waals surface area contributed by atoms with Crippen LogP contribution < -0.4 is 4.74 Å². The predicted octanol–water partition coefficient (Wildman–Crippen LogP) is 1.83. The van der Waals surface area contributed by atoms with Gasteiger partial charge in [0.15, 0.2) is 17.2 Å². The number of hydrogen-bond acceptors (Lipinski definition) is 9. The highest BCUT2D eigenvalue weighted by Crippen LogP contribution is 2.27. The van der Waals surface area contributed by atoms with Crippen molar-refractivity contribution in [3.05, 3.63) is 42.3 Å². The minimum Gasteiger partial charge on any atom is -0.467 e. The maximum absolute atomic E-state index is 5.96. The van der Waals surface area contributed by atoms with Crippen molar-refractivity contribution in [3.8, 4) is 17.4 Å². The van der Waals surface area contributed by atoms with E-state index in [1.165, 1.54) is 6.33 Å². The van der Waals surface area contributed by atoms with Gasteiger partial charge in [0.2, 0.25) is 5.82 Å². The summed E-state index contributed by atoms with van der Waals surface area (Å²) in [6, 6.07) is 5.50. The first-order valence-electron chi connectivity index (χ1n) is 8.68. The summed E-state index contributed by atoms with van der Waals surface area (Å²) < 4.78 is 14.5. The molecule has 0 unspecified atom stereocenters. The molecule has 11 nitrogen and oxygen atoms in total. The van der Waals surface area contributed by atoms with Gasteiger partial charge >= 0.3 is 0 Å². The zero-order chi connectivity index (χ0) is 19.1. The lowest BCUT2D eigenvalue weighted by Crippen LogP contribution is -2.09. The number of rotatable bonds is 5. The number of hydrogen-bond donors (Lipinski definition) is 0. The molecule has 0 atom stereocenters. The number of nitrogens with zero attached hydrogens (tertiary/aromatic N) is 9. The molecule has 28 heavy (non-hydrogen) atoms. The van der Waals surface area contributed by atoms with Crippen LogP contribution in [-0.4, -0.2) is 44.7 Å². The summed E-state index contributed by atoms with van der Waals surface area (Å²) in [6.07, 6.45) is 3.18. The van der Waals surface area contributed by atoms with Gasteiger partial charge in [0.1, 0.15) is 24.2 Å². The molecule has 5 rings (SSSR count). The maximum Gasteiger partial charge on any atom is 0.259 e. The Labute approximate surface area is 158 Å². The van der Waals surface area contributed by atoms with E-state index in [9.17, 15) is 0 Å². The molecule has 5 aromatic heterocycles. The van der Waals surface area contributed by atoms with Crippen LogP contribution in [0.1, 0.15) is 18.5 Å². The van der Waals surface area contributed by atoms with E-state index in [4.69, 9.17) is 9.26 Å². The Bertz CT molecular complexity index is 1290. The second-order valence-corrected chi connectivity index (χ2v) is 6.07. The molecule has 0 amide bonds. The molecule has 0 aliphatic rings. The molecular weight excluding hydrogens is 362 g/mol. The van der Waals surface area contributed by atoms with Crippen molar-refractivity contribution in [2.24, 2.45) is 0 Å². The van der Waals surface area contributed by atoms with Gasteiger partial charge in [0.05, 0.1) is 5.39 Å². The number of pyridine rings is 1. The zero-order valence-electron chi connectivity index (χ0n) is 15.1. The molecule has 0 aromatic carbocycles. The number of aromatic nitrogens is 9. The minimum absolute atomic E-state index is 0.207. The molecule has 0 saturated heterocycles. The average Bonchev–Trinajstić information content (AvgIpc) is 3.45. The smallest absolute Gasteiger partial charge is 0.259 e. The van der Waals surface area contributed by atoms with Gasteiger partial charge in [-0.05, 0) is 26.0 Å². The van der Waals surface area contributed by atoms with Gasteiger partial charge in [-0.1, -0.05) is 5.16 Å². The van der Waals surface area contributed by atoms with Gasteiger partial charge in [-0.3, -0.25) is 4.98 Å². The van der Waals surface area contributed by atoms with Gasteiger partial charge in [0, 0.05) is 18.8 Å². The fourth-order valence-electron chi connectivity index (χ4n) is 2.96. The summed E-state index contributed by atoms with van der Waals surface area (Å²) in [5.74, 6) is 2.17. The molecule has 0 bridgehead atoms. The highest BCUT2D eigenvalue weighted by molar-refractivity contribution is 5.94. The van der Waals surface area contributed by atoms with Crippen molar-refractivity contribution in [2.45, 2.75) is 27.0 Å². The first-order valence-corrected chi connectivity index (χ1v) is 8.68. The third-order valence-electron chi connectivity index (χ3n) is 4.27. The Hall–Kier alpha value is -3.89. The van der Waals surface area contributed by atoms with Gasteiger partial charge in [-0.2, -0.15) is 9.61 Å². The molecule has 0 N–H and O–H groups in total. The summed E-state index contributed by atoms with van der Waals surface area (Å²) in [6.45, 7) is 4.71. The molecule has 5 aromatic rings. The topological polar surface area (TPSA) is 122 Å². The molecule has 0 fully saturated rings. The van der Waals surface area contributed by atoms with Gasteiger partial charge < -0.3 is 9.26 Å². The molecule has 0 radical (unpaired) electrons. The summed E-state index contributed by atoms with van der Waals surface area (Å²) in [7, 11) is 0. The van der Waals surface area contributed by atoms with E-state index >= 15 is 0 Å². The van der Waals surface area contributed by atoms with Gasteiger partial charge in [-0.15, -0.1) is 15.3 Å². The highest BCUT2D eigenvalue weighted by Gasteiger charge is 2.19. The lowest BCUT2D eigenvalue weighted by molar-refractivity contribution is 0.275. The molecule has 11 heteroatoms. The first kappa shape index (κ1) is 16.3. The lowest BCUT2D eigenvalue weighted by Gasteiger charge is -2.09. The molecule has 0 aliphatic heterocycles. The molecule has 0 spiro atoms. The fourth-order valence-corrected chi connectivity index (χ4v) is 2.96. The summed E-state index contributed by atoms with van der Waals surface area (Å²) in [5.41, 5.74) is 1.69. The monoisotopic (exact) mass is 377 g/mol. The quantitative estimate of drug-likeness (QED) is 0.451. The van der Waals surface area contributed by atoms with Crippen LogP contribution in [0.4, 0.5) is 0 Å². The van der Waals surface area contributed by atoms with E-state index in [0.29, 0.717) is 46.7 Å². The molecule has 5 heterocycles. The van der Waals surface area contributed by atoms with E-state index in [-0.39, 0.29) is 6.61 Å². The minimum atomic E-state index is 0.207. The van der Waals surface area contributed by atoms with Gasteiger partial charge in [-0.25, -0.2) is 9.67 Å². The third-order valence-corrected chi connectivity index (χ3v) is 4.27. The molecular formula is C17H15N9O2. The Morgan fingerprint density at radius 1 is 1.21 bits per heavy atom. The predicted molar refractivity (Wildman–Crippen MR) is 96.3 cm³/mol. The lowest BCUT2D eigenvalue weighted by atomic mass is 10.3. The Morgan fingerprint density at radius 2 is 2.14 bits per heavy atom. The van der Waals surface area contributed by atoms with Crippen LogP contribution in [0.3, 0.4) is 0 Å². The van der Waals surface area contributed by atoms with Crippen LogP contribution in [0.25, 0.3) is 28.1 Å². The average molecular weight is 377 g/mol. The normalized spacial score (nSPS) is 11.5. The second-order valence-electron chi connectivity index (χ2n) is 6.07. The largest absolute Gasteiger partial charge is 0.467 e. The van der Waals surface area contributed by atoms with E-state index in [2.05, 4.69) is 35.5 Å². The van der Waals surface area contributed by atoms with E-state index in [1.807, 2.05) is 26.0 Å². The van der Waals surface area contributed by atoms with E-state index in [1.54, 1.807) is 21.5 Å². The molecule has 140 valence electrons. The van der Waals surface area contributed by atoms with Crippen LogP contribution >= 0.6 is 0 Å². The van der Waals surface area contributed by atoms with E-state index < -0.39 is 0 Å². The van der Waals surface area contributed by atoms with Crippen LogP contribution in [-0.2, 0) is 13.2 Å². The van der Waals surface area contributed by atoms with Crippen molar-refractivity contribution < 1.29 is 9.26 Å².